The third-order valence-corrected chi connectivity index (χ3v) is 3.71. The average Bonchev–Trinajstić information content (AvgIpc) is 2.60. The molecule has 120 valence electrons. The highest BCUT2D eigenvalue weighted by Gasteiger charge is 2.00. The van der Waals surface area contributed by atoms with Gasteiger partial charge in [0.2, 0.25) is 0 Å². The summed E-state index contributed by atoms with van der Waals surface area (Å²) in [5.74, 6) is 1.40. The number of nitrogens with zero attached hydrogens (tertiary/aromatic N) is 2. The molecule has 0 spiro atoms. The summed E-state index contributed by atoms with van der Waals surface area (Å²) in [6.07, 6.45) is 1.59. The van der Waals surface area contributed by atoms with Gasteiger partial charge in [-0.3, -0.25) is 0 Å². The molecule has 0 saturated heterocycles. The zero-order chi connectivity index (χ0) is 16.3. The van der Waals surface area contributed by atoms with E-state index in [0.717, 1.165) is 11.3 Å². The number of aliphatic hydroxyl groups is 1. The van der Waals surface area contributed by atoms with Gasteiger partial charge >= 0.3 is 0 Å². The molecule has 0 aliphatic carbocycles. The van der Waals surface area contributed by atoms with Gasteiger partial charge in [0.05, 0.1) is 12.8 Å². The second kappa shape index (κ2) is 9.66. The zero-order valence-corrected chi connectivity index (χ0v) is 13.4. The molecule has 3 N–H and O–H groups in total. The molecule has 0 heterocycles. The quantitative estimate of drug-likeness (QED) is 0.465. The molecule has 2 aromatic carbocycles. The van der Waals surface area contributed by atoms with Gasteiger partial charge in [-0.05, 0) is 17.7 Å². The van der Waals surface area contributed by atoms with Crippen LogP contribution in [0.1, 0.15) is 11.1 Å². The zero-order valence-electron chi connectivity index (χ0n) is 12.6. The maximum Gasteiger partial charge on any atom is 0.180 e. The summed E-state index contributed by atoms with van der Waals surface area (Å²) >= 11 is 1.43. The lowest BCUT2D eigenvalue weighted by molar-refractivity contribution is 0.201. The summed E-state index contributed by atoms with van der Waals surface area (Å²) in [6.45, 7) is 0.204. The van der Waals surface area contributed by atoms with Gasteiger partial charge in [0, 0.05) is 11.3 Å². The lowest BCUT2D eigenvalue weighted by Gasteiger charge is -2.06. The summed E-state index contributed by atoms with van der Waals surface area (Å²) in [5.41, 5.74) is 7.80. The molecule has 2 rings (SSSR count). The maximum atomic E-state index is 8.82. The first kappa shape index (κ1) is 17.1. The lowest BCUT2D eigenvalue weighted by atomic mass is 10.2. The molecule has 6 heteroatoms. The molecule has 23 heavy (non-hydrogen) atoms. The van der Waals surface area contributed by atoms with Gasteiger partial charge in [-0.2, -0.15) is 5.10 Å². The Balaban J connectivity index is 1.92. The Morgan fingerprint density at radius 1 is 1.13 bits per heavy atom. The highest BCUT2D eigenvalue weighted by molar-refractivity contribution is 8.13. The fourth-order valence-corrected chi connectivity index (χ4v) is 2.39. The molecular formula is C17H19N3O2S. The van der Waals surface area contributed by atoms with E-state index in [2.05, 4.69) is 10.2 Å². The molecule has 0 aromatic heterocycles. The summed E-state index contributed by atoms with van der Waals surface area (Å²) in [7, 11) is 0. The molecule has 0 aliphatic heterocycles. The molecule has 5 nitrogen and oxygen atoms in total. The van der Waals surface area contributed by atoms with Crippen LogP contribution in [0.3, 0.4) is 0 Å². The Morgan fingerprint density at radius 3 is 2.65 bits per heavy atom. The van der Waals surface area contributed by atoms with E-state index in [0.29, 0.717) is 10.9 Å². The Bertz CT molecular complexity index is 660. The van der Waals surface area contributed by atoms with Gasteiger partial charge < -0.3 is 15.6 Å². The molecular weight excluding hydrogens is 310 g/mol. The molecule has 0 bridgehead atoms. The van der Waals surface area contributed by atoms with Gasteiger partial charge in [0.25, 0.3) is 0 Å². The third kappa shape index (κ3) is 6.14. The summed E-state index contributed by atoms with van der Waals surface area (Å²) in [4.78, 5) is 0. The number of rotatable bonds is 7. The van der Waals surface area contributed by atoms with E-state index >= 15 is 0 Å². The van der Waals surface area contributed by atoms with Crippen LogP contribution in [0.15, 0.2) is 64.8 Å². The van der Waals surface area contributed by atoms with Crippen molar-refractivity contribution in [1.82, 2.24) is 0 Å². The average molecular weight is 329 g/mol. The van der Waals surface area contributed by atoms with Gasteiger partial charge in [-0.1, -0.05) is 54.2 Å². The monoisotopic (exact) mass is 329 g/mol. The van der Waals surface area contributed by atoms with Crippen LogP contribution < -0.4 is 10.5 Å². The van der Waals surface area contributed by atoms with E-state index in [1.54, 1.807) is 6.21 Å². The first-order valence-electron chi connectivity index (χ1n) is 7.15. The van der Waals surface area contributed by atoms with Crippen molar-refractivity contribution in [3.63, 3.8) is 0 Å². The fourth-order valence-electron chi connectivity index (χ4n) is 1.78. The first-order valence-corrected chi connectivity index (χ1v) is 8.14. The van der Waals surface area contributed by atoms with Gasteiger partial charge in [0.1, 0.15) is 12.4 Å². The van der Waals surface area contributed by atoms with E-state index < -0.39 is 0 Å². The Kier molecular flexibility index (Phi) is 7.16. The van der Waals surface area contributed by atoms with Gasteiger partial charge in [0.15, 0.2) is 5.17 Å². The van der Waals surface area contributed by atoms with Crippen molar-refractivity contribution in [1.29, 1.82) is 0 Å². The van der Waals surface area contributed by atoms with Crippen LogP contribution in [0, 0.1) is 0 Å². The Hall–Kier alpha value is -2.31. The molecule has 0 amide bonds. The minimum Gasteiger partial charge on any atom is -0.491 e. The predicted molar refractivity (Wildman–Crippen MR) is 96.0 cm³/mol. The largest absolute Gasteiger partial charge is 0.491 e. The predicted octanol–water partition coefficient (Wildman–Crippen LogP) is 2.64. The number of hydrogen-bond donors (Lipinski definition) is 2. The van der Waals surface area contributed by atoms with Crippen molar-refractivity contribution < 1.29 is 9.84 Å². The van der Waals surface area contributed by atoms with E-state index in [9.17, 15) is 0 Å². The minimum atomic E-state index is -0.0350. The Morgan fingerprint density at radius 2 is 1.87 bits per heavy atom. The second-order valence-corrected chi connectivity index (χ2v) is 5.56. The highest BCUT2D eigenvalue weighted by atomic mass is 32.2. The summed E-state index contributed by atoms with van der Waals surface area (Å²) in [5, 5.41) is 17.2. The molecule has 0 unspecified atom stereocenters. The number of hydrogen-bond acceptors (Lipinski definition) is 5. The summed E-state index contributed by atoms with van der Waals surface area (Å²) < 4.78 is 5.42. The van der Waals surface area contributed by atoms with Crippen molar-refractivity contribution in [3.8, 4) is 5.75 Å². The van der Waals surface area contributed by atoms with Crippen molar-refractivity contribution >= 4 is 23.1 Å². The topological polar surface area (TPSA) is 80.2 Å². The number of aliphatic hydroxyl groups excluding tert-OH is 1. The number of amidine groups is 1. The van der Waals surface area contributed by atoms with E-state index in [4.69, 9.17) is 15.6 Å². The highest BCUT2D eigenvalue weighted by Crippen LogP contribution is 2.16. The SMILES string of the molecule is NC(=NN=Cc1ccccc1OCCO)SCc1ccccc1. The molecule has 0 saturated carbocycles. The standard InChI is InChI=1S/C17H19N3O2S/c18-17(23-13-14-6-2-1-3-7-14)20-19-12-15-8-4-5-9-16(15)22-11-10-21/h1-9,12,21H,10-11,13H2,(H2,18,20). The van der Waals surface area contributed by atoms with Gasteiger partial charge in [-0.25, -0.2) is 0 Å². The first-order chi connectivity index (χ1) is 11.3. The lowest BCUT2D eigenvalue weighted by Crippen LogP contribution is -2.06. The van der Waals surface area contributed by atoms with Crippen molar-refractivity contribution in [2.75, 3.05) is 13.2 Å². The van der Waals surface area contributed by atoms with Crippen LogP contribution in [-0.2, 0) is 5.75 Å². The normalized spacial score (nSPS) is 11.8. The van der Waals surface area contributed by atoms with Crippen molar-refractivity contribution in [2.45, 2.75) is 5.75 Å². The van der Waals surface area contributed by atoms with E-state index in [1.165, 1.54) is 17.3 Å². The van der Waals surface area contributed by atoms with Crippen molar-refractivity contribution in [2.24, 2.45) is 15.9 Å². The second-order valence-electron chi connectivity index (χ2n) is 4.57. The third-order valence-electron chi connectivity index (χ3n) is 2.85. The fraction of sp³-hybridized carbons (Fsp3) is 0.176. The summed E-state index contributed by atoms with van der Waals surface area (Å²) in [6, 6.07) is 17.5. The molecule has 0 radical (unpaired) electrons. The maximum absolute atomic E-state index is 8.82. The number of nitrogens with two attached hydrogens (primary N) is 1. The van der Waals surface area contributed by atoms with Crippen LogP contribution in [0.25, 0.3) is 0 Å². The van der Waals surface area contributed by atoms with Crippen LogP contribution >= 0.6 is 11.8 Å². The van der Waals surface area contributed by atoms with Crippen LogP contribution in [0.5, 0.6) is 5.75 Å². The van der Waals surface area contributed by atoms with E-state index in [-0.39, 0.29) is 13.2 Å². The number of benzene rings is 2. The van der Waals surface area contributed by atoms with Crippen LogP contribution in [0.4, 0.5) is 0 Å². The van der Waals surface area contributed by atoms with Crippen LogP contribution in [-0.4, -0.2) is 29.7 Å². The smallest absolute Gasteiger partial charge is 0.180 e. The minimum absolute atomic E-state index is 0.0350. The molecule has 0 atom stereocenters. The van der Waals surface area contributed by atoms with E-state index in [1.807, 2.05) is 54.6 Å². The van der Waals surface area contributed by atoms with Crippen molar-refractivity contribution in [3.05, 3.63) is 65.7 Å². The van der Waals surface area contributed by atoms with Gasteiger partial charge in [-0.15, -0.1) is 5.10 Å². The molecule has 0 aliphatic rings. The number of thioether (sulfide) groups is 1. The molecule has 0 fully saturated rings. The number of ether oxygens (including phenoxy) is 1. The number of para-hydroxylation sites is 1. The van der Waals surface area contributed by atoms with Crippen LogP contribution in [0.2, 0.25) is 0 Å². The molecule has 2 aromatic rings. The Labute approximate surface area is 139 Å².